The van der Waals surface area contributed by atoms with E-state index in [0.29, 0.717) is 11.5 Å². The van der Waals surface area contributed by atoms with Crippen LogP contribution < -0.4 is 14.8 Å². The number of hydrogen-bond donors (Lipinski definition) is 1. The molecule has 1 amide bonds. The molecular formula is C21H27NO3S. The molecule has 2 atom stereocenters. The molecule has 2 rings (SSSR count). The van der Waals surface area contributed by atoms with Gasteiger partial charge in [-0.3, -0.25) is 4.79 Å². The third-order valence-electron chi connectivity index (χ3n) is 4.24. The first-order valence-corrected chi connectivity index (χ1v) is 9.62. The molecule has 2 aromatic rings. The molecule has 5 heteroatoms. The Kier molecular flexibility index (Phi) is 7.39. The van der Waals surface area contributed by atoms with Gasteiger partial charge in [-0.15, -0.1) is 11.8 Å². The van der Waals surface area contributed by atoms with Gasteiger partial charge in [0, 0.05) is 4.90 Å². The van der Waals surface area contributed by atoms with Crippen LogP contribution in [0.15, 0.2) is 47.4 Å². The molecule has 140 valence electrons. The topological polar surface area (TPSA) is 47.6 Å². The molecule has 2 unspecified atom stereocenters. The first-order chi connectivity index (χ1) is 12.5. The SMILES string of the molecule is CCC(NC(=O)C(C)Sc1ccc(OC)c(OC)c1)c1ccc(C)cc1. The second kappa shape index (κ2) is 9.53. The van der Waals surface area contributed by atoms with E-state index in [4.69, 9.17) is 9.47 Å². The quantitative estimate of drug-likeness (QED) is 0.678. The van der Waals surface area contributed by atoms with Crippen molar-refractivity contribution in [2.75, 3.05) is 14.2 Å². The predicted molar refractivity (Wildman–Crippen MR) is 107 cm³/mol. The van der Waals surface area contributed by atoms with Crippen molar-refractivity contribution < 1.29 is 14.3 Å². The van der Waals surface area contributed by atoms with Gasteiger partial charge in [-0.1, -0.05) is 36.8 Å². The van der Waals surface area contributed by atoms with E-state index in [1.807, 2.05) is 25.1 Å². The lowest BCUT2D eigenvalue weighted by Gasteiger charge is -2.20. The van der Waals surface area contributed by atoms with Crippen molar-refractivity contribution in [3.05, 3.63) is 53.6 Å². The van der Waals surface area contributed by atoms with Crippen molar-refractivity contribution in [2.24, 2.45) is 0 Å². The average molecular weight is 374 g/mol. The number of rotatable bonds is 8. The Balaban J connectivity index is 2.03. The second-order valence-corrected chi connectivity index (χ2v) is 7.57. The van der Waals surface area contributed by atoms with Crippen LogP contribution in [0.1, 0.15) is 37.4 Å². The molecule has 0 bridgehead atoms. The Morgan fingerprint density at radius 2 is 1.73 bits per heavy atom. The Bertz CT molecular complexity index is 731. The lowest BCUT2D eigenvalue weighted by atomic mass is 10.0. The summed E-state index contributed by atoms with van der Waals surface area (Å²) in [5, 5.41) is 2.94. The molecule has 0 aliphatic rings. The van der Waals surface area contributed by atoms with Gasteiger partial charge in [0.25, 0.3) is 0 Å². The maximum atomic E-state index is 12.6. The summed E-state index contributed by atoms with van der Waals surface area (Å²) in [5.74, 6) is 1.37. The van der Waals surface area contributed by atoms with Gasteiger partial charge in [0.2, 0.25) is 5.91 Å². The second-order valence-electron chi connectivity index (χ2n) is 6.16. The molecule has 0 heterocycles. The van der Waals surface area contributed by atoms with Crippen LogP contribution in [0.2, 0.25) is 0 Å². The maximum absolute atomic E-state index is 12.6. The van der Waals surface area contributed by atoms with E-state index < -0.39 is 0 Å². The fraction of sp³-hybridized carbons (Fsp3) is 0.381. The minimum absolute atomic E-state index is 0.0246. The van der Waals surface area contributed by atoms with Crippen molar-refractivity contribution in [3.8, 4) is 11.5 Å². The molecule has 0 aromatic heterocycles. The Morgan fingerprint density at radius 1 is 1.08 bits per heavy atom. The normalized spacial score (nSPS) is 13.0. The Hall–Kier alpha value is -2.14. The van der Waals surface area contributed by atoms with E-state index in [1.165, 1.54) is 17.3 Å². The average Bonchev–Trinajstić information content (AvgIpc) is 2.66. The largest absolute Gasteiger partial charge is 0.493 e. The molecule has 4 nitrogen and oxygen atoms in total. The molecule has 26 heavy (non-hydrogen) atoms. The lowest BCUT2D eigenvalue weighted by molar-refractivity contribution is -0.121. The van der Waals surface area contributed by atoms with Crippen molar-refractivity contribution in [2.45, 2.75) is 43.4 Å². The van der Waals surface area contributed by atoms with Gasteiger partial charge in [0.1, 0.15) is 0 Å². The number of thioether (sulfide) groups is 1. The van der Waals surface area contributed by atoms with E-state index in [0.717, 1.165) is 16.9 Å². The van der Waals surface area contributed by atoms with E-state index in [9.17, 15) is 4.79 Å². The zero-order valence-electron chi connectivity index (χ0n) is 16.0. The van der Waals surface area contributed by atoms with Crippen LogP contribution in [-0.4, -0.2) is 25.4 Å². The highest BCUT2D eigenvalue weighted by molar-refractivity contribution is 8.00. The van der Waals surface area contributed by atoms with Gasteiger partial charge in [0.05, 0.1) is 25.5 Å². The van der Waals surface area contributed by atoms with E-state index in [-0.39, 0.29) is 17.2 Å². The number of carbonyl (C=O) groups excluding carboxylic acids is 1. The van der Waals surface area contributed by atoms with Crippen molar-refractivity contribution in [3.63, 3.8) is 0 Å². The highest BCUT2D eigenvalue weighted by atomic mass is 32.2. The van der Waals surface area contributed by atoms with Gasteiger partial charge < -0.3 is 14.8 Å². The number of methoxy groups -OCH3 is 2. The number of amides is 1. The molecule has 0 fully saturated rings. The monoisotopic (exact) mass is 373 g/mol. The molecule has 0 radical (unpaired) electrons. The fourth-order valence-corrected chi connectivity index (χ4v) is 3.56. The van der Waals surface area contributed by atoms with Crippen molar-refractivity contribution >= 4 is 17.7 Å². The molecular weight excluding hydrogens is 346 g/mol. The molecule has 0 saturated carbocycles. The summed E-state index contributed by atoms with van der Waals surface area (Å²) < 4.78 is 10.6. The zero-order valence-corrected chi connectivity index (χ0v) is 16.9. The van der Waals surface area contributed by atoms with Crippen LogP contribution in [-0.2, 0) is 4.79 Å². The zero-order chi connectivity index (χ0) is 19.1. The van der Waals surface area contributed by atoms with Crippen LogP contribution in [0.5, 0.6) is 11.5 Å². The van der Waals surface area contributed by atoms with Gasteiger partial charge in [-0.05, 0) is 44.0 Å². The minimum Gasteiger partial charge on any atom is -0.493 e. The van der Waals surface area contributed by atoms with Gasteiger partial charge in [-0.25, -0.2) is 0 Å². The van der Waals surface area contributed by atoms with Gasteiger partial charge in [0.15, 0.2) is 11.5 Å². The Morgan fingerprint density at radius 3 is 2.31 bits per heavy atom. The van der Waals surface area contributed by atoms with Crippen LogP contribution in [0.3, 0.4) is 0 Å². The highest BCUT2D eigenvalue weighted by Crippen LogP contribution is 2.33. The van der Waals surface area contributed by atoms with E-state index in [1.54, 1.807) is 14.2 Å². The van der Waals surface area contributed by atoms with Crippen LogP contribution in [0, 0.1) is 6.92 Å². The fourth-order valence-electron chi connectivity index (χ4n) is 2.66. The first-order valence-electron chi connectivity index (χ1n) is 8.74. The van der Waals surface area contributed by atoms with Crippen molar-refractivity contribution in [1.29, 1.82) is 0 Å². The molecule has 0 saturated heterocycles. The number of benzene rings is 2. The first kappa shape index (κ1) is 20.2. The van der Waals surface area contributed by atoms with E-state index in [2.05, 4.69) is 43.4 Å². The minimum atomic E-state index is -0.215. The van der Waals surface area contributed by atoms with Gasteiger partial charge in [-0.2, -0.15) is 0 Å². The number of carbonyl (C=O) groups is 1. The van der Waals surface area contributed by atoms with Crippen LogP contribution in [0.25, 0.3) is 0 Å². The Labute approximate surface area is 160 Å². The molecule has 0 aliphatic carbocycles. The number of aryl methyl sites for hydroxylation is 1. The summed E-state index contributed by atoms with van der Waals surface area (Å²) in [6.07, 6.45) is 0.850. The molecule has 2 aromatic carbocycles. The number of ether oxygens (including phenoxy) is 2. The van der Waals surface area contributed by atoms with Crippen LogP contribution in [0.4, 0.5) is 0 Å². The standard InChI is InChI=1S/C21H27NO3S/c1-6-18(16-9-7-14(2)8-10-16)22-21(23)15(3)26-17-11-12-19(24-4)20(13-17)25-5/h7-13,15,18H,6H2,1-5H3,(H,22,23). The van der Waals surface area contributed by atoms with E-state index >= 15 is 0 Å². The van der Waals surface area contributed by atoms with Gasteiger partial charge >= 0.3 is 0 Å². The molecule has 0 spiro atoms. The summed E-state index contributed by atoms with van der Waals surface area (Å²) in [6.45, 7) is 6.06. The number of hydrogen-bond acceptors (Lipinski definition) is 4. The smallest absolute Gasteiger partial charge is 0.233 e. The number of nitrogens with one attached hydrogen (secondary N) is 1. The lowest BCUT2D eigenvalue weighted by Crippen LogP contribution is -2.34. The third-order valence-corrected chi connectivity index (χ3v) is 5.34. The summed E-state index contributed by atoms with van der Waals surface area (Å²) in [4.78, 5) is 13.6. The van der Waals surface area contributed by atoms with Crippen molar-refractivity contribution in [1.82, 2.24) is 5.32 Å². The third kappa shape index (κ3) is 5.18. The summed E-state index contributed by atoms with van der Waals surface area (Å²) in [5.41, 5.74) is 2.35. The molecule has 1 N–H and O–H groups in total. The predicted octanol–water partition coefficient (Wildman–Crippen LogP) is 4.76. The maximum Gasteiger partial charge on any atom is 0.233 e. The molecule has 0 aliphatic heterocycles. The summed E-state index contributed by atoms with van der Waals surface area (Å²) >= 11 is 1.50. The summed E-state index contributed by atoms with van der Waals surface area (Å²) in [7, 11) is 3.21. The summed E-state index contributed by atoms with van der Waals surface area (Å²) in [6, 6.07) is 14.0. The van der Waals surface area contributed by atoms with Crippen LogP contribution >= 0.6 is 11.8 Å². The highest BCUT2D eigenvalue weighted by Gasteiger charge is 2.19.